The van der Waals surface area contributed by atoms with Crippen LogP contribution in [-0.2, 0) is 10.2 Å². The molecule has 1 amide bonds. The van der Waals surface area contributed by atoms with Crippen LogP contribution in [0.2, 0.25) is 0 Å². The summed E-state index contributed by atoms with van der Waals surface area (Å²) < 4.78 is 37.8. The van der Waals surface area contributed by atoms with Gasteiger partial charge in [0.25, 0.3) is 11.7 Å². The second kappa shape index (κ2) is 8.71. The molecule has 1 aromatic heterocycles. The summed E-state index contributed by atoms with van der Waals surface area (Å²) in [4.78, 5) is 38.3. The lowest BCUT2D eigenvalue weighted by molar-refractivity contribution is -0.126. The molecule has 0 N–H and O–H groups in total. The van der Waals surface area contributed by atoms with Crippen molar-refractivity contribution in [1.82, 2.24) is 4.90 Å². The van der Waals surface area contributed by atoms with Gasteiger partial charge in [-0.1, -0.05) is 37.3 Å². The van der Waals surface area contributed by atoms with Gasteiger partial charge in [-0.3, -0.25) is 14.4 Å². The second-order valence-corrected chi connectivity index (χ2v) is 8.49. The maximum atomic E-state index is 13.0. The Kier molecular flexibility index (Phi) is 6.45. The molecular weight excluding hydrogens is 415 g/mol. The van der Waals surface area contributed by atoms with Crippen LogP contribution in [0.15, 0.2) is 42.5 Å². The normalized spacial score (nSPS) is 16.3. The van der Waals surface area contributed by atoms with Crippen molar-refractivity contribution in [3.05, 3.63) is 57.8 Å². The molecule has 1 aliphatic heterocycles. The maximum Gasteiger partial charge on any atom is 0.455 e. The van der Waals surface area contributed by atoms with Crippen molar-refractivity contribution in [2.75, 3.05) is 13.1 Å². The molecule has 2 heterocycles. The number of thiophene rings is 1. The fraction of sp³-hybridized carbons (Fsp3) is 0.409. The minimum atomic E-state index is -4.97. The van der Waals surface area contributed by atoms with E-state index < -0.39 is 28.2 Å². The van der Waals surface area contributed by atoms with Crippen LogP contribution >= 0.6 is 11.3 Å². The summed E-state index contributed by atoms with van der Waals surface area (Å²) in [6.07, 6.45) is -2.86. The number of carbonyl (C=O) groups is 3. The number of alkyl halides is 3. The molecule has 1 aliphatic rings. The Morgan fingerprint density at radius 1 is 1.00 bits per heavy atom. The molecule has 1 aromatic carbocycles. The second-order valence-electron chi connectivity index (χ2n) is 7.40. The van der Waals surface area contributed by atoms with Gasteiger partial charge >= 0.3 is 6.18 Å². The van der Waals surface area contributed by atoms with Crippen molar-refractivity contribution in [2.24, 2.45) is 0 Å². The quantitative estimate of drug-likeness (QED) is 0.595. The Labute approximate surface area is 176 Å². The van der Waals surface area contributed by atoms with E-state index in [4.69, 9.17) is 0 Å². The summed E-state index contributed by atoms with van der Waals surface area (Å²) in [5.41, 5.74) is 0.283. The molecule has 2 aromatic rings. The van der Waals surface area contributed by atoms with Crippen molar-refractivity contribution < 1.29 is 27.6 Å². The van der Waals surface area contributed by atoms with Crippen LogP contribution in [0.4, 0.5) is 13.2 Å². The summed E-state index contributed by atoms with van der Waals surface area (Å²) in [6.45, 7) is 2.60. The lowest BCUT2D eigenvalue weighted by Gasteiger charge is -2.41. The van der Waals surface area contributed by atoms with Gasteiger partial charge in [-0.05, 0) is 37.0 Å². The number of likely N-dealkylation sites (tertiary alicyclic amines) is 1. The highest BCUT2D eigenvalue weighted by molar-refractivity contribution is 7.16. The van der Waals surface area contributed by atoms with Crippen molar-refractivity contribution in [3.63, 3.8) is 0 Å². The minimum Gasteiger partial charge on any atom is -0.338 e. The third-order valence-corrected chi connectivity index (χ3v) is 6.61. The van der Waals surface area contributed by atoms with Crippen molar-refractivity contribution in [3.8, 4) is 0 Å². The van der Waals surface area contributed by atoms with E-state index >= 15 is 0 Å². The van der Waals surface area contributed by atoms with Crippen LogP contribution in [0.25, 0.3) is 0 Å². The fourth-order valence-electron chi connectivity index (χ4n) is 3.91. The van der Waals surface area contributed by atoms with Gasteiger partial charge in [0.1, 0.15) is 5.78 Å². The van der Waals surface area contributed by atoms with E-state index in [-0.39, 0.29) is 10.7 Å². The molecule has 160 valence electrons. The number of piperidine rings is 1. The molecule has 0 unspecified atom stereocenters. The van der Waals surface area contributed by atoms with Gasteiger partial charge < -0.3 is 4.90 Å². The first kappa shape index (κ1) is 22.2. The predicted octanol–water partition coefficient (Wildman–Crippen LogP) is 5.04. The van der Waals surface area contributed by atoms with Crippen LogP contribution in [-0.4, -0.2) is 41.6 Å². The van der Waals surface area contributed by atoms with Crippen LogP contribution in [0.3, 0.4) is 0 Å². The molecule has 3 rings (SSSR count). The maximum absolute atomic E-state index is 13.0. The number of Topliss-reactive ketones (excluding diaryl/α,β-unsaturated/α-hetero) is 2. The van der Waals surface area contributed by atoms with Gasteiger partial charge in [-0.25, -0.2) is 0 Å². The monoisotopic (exact) mass is 437 g/mol. The van der Waals surface area contributed by atoms with Crippen molar-refractivity contribution >= 4 is 28.8 Å². The number of hydrogen-bond acceptors (Lipinski definition) is 4. The molecule has 0 aliphatic carbocycles. The first-order valence-corrected chi connectivity index (χ1v) is 10.6. The van der Waals surface area contributed by atoms with E-state index in [1.165, 1.54) is 6.07 Å². The highest BCUT2D eigenvalue weighted by atomic mass is 32.1. The third-order valence-electron chi connectivity index (χ3n) is 5.54. The first-order chi connectivity index (χ1) is 14.2. The molecule has 0 atom stereocenters. The Hall–Kier alpha value is -2.48. The largest absolute Gasteiger partial charge is 0.455 e. The highest BCUT2D eigenvalue weighted by Crippen LogP contribution is 2.38. The number of nitrogens with zero attached hydrogens (tertiary/aromatic N) is 1. The third kappa shape index (κ3) is 4.33. The van der Waals surface area contributed by atoms with Crippen LogP contribution in [0.5, 0.6) is 0 Å². The van der Waals surface area contributed by atoms with E-state index in [1.807, 2.05) is 37.3 Å². The van der Waals surface area contributed by atoms with Crippen LogP contribution in [0, 0.1) is 0 Å². The lowest BCUT2D eigenvalue weighted by atomic mass is 9.68. The zero-order valence-corrected chi connectivity index (χ0v) is 17.3. The molecule has 0 spiro atoms. The summed E-state index contributed by atoms with van der Waals surface area (Å²) in [5, 5.41) is 0. The van der Waals surface area contributed by atoms with Gasteiger partial charge in [0.2, 0.25) is 0 Å². The summed E-state index contributed by atoms with van der Waals surface area (Å²) in [6, 6.07) is 11.8. The van der Waals surface area contributed by atoms with Crippen molar-refractivity contribution in [2.45, 2.75) is 44.2 Å². The zero-order valence-electron chi connectivity index (χ0n) is 16.5. The number of benzene rings is 1. The number of ketones is 2. The fourth-order valence-corrected chi connectivity index (χ4v) is 4.85. The van der Waals surface area contributed by atoms with Crippen LogP contribution < -0.4 is 0 Å². The van der Waals surface area contributed by atoms with Crippen LogP contribution in [0.1, 0.15) is 57.5 Å². The Morgan fingerprint density at radius 2 is 1.60 bits per heavy atom. The van der Waals surface area contributed by atoms with Crippen molar-refractivity contribution in [1.29, 1.82) is 0 Å². The van der Waals surface area contributed by atoms with E-state index in [1.54, 1.807) is 4.90 Å². The van der Waals surface area contributed by atoms with Gasteiger partial charge in [-0.15, -0.1) is 11.3 Å². The zero-order chi connectivity index (χ0) is 21.9. The average molecular weight is 437 g/mol. The Bertz CT molecular complexity index is 929. The predicted molar refractivity (Wildman–Crippen MR) is 108 cm³/mol. The topological polar surface area (TPSA) is 54.5 Å². The molecule has 0 bridgehead atoms. The van der Waals surface area contributed by atoms with E-state index in [9.17, 15) is 27.6 Å². The summed E-state index contributed by atoms with van der Waals surface area (Å²) >= 11 is 0.553. The Balaban J connectivity index is 1.76. The number of halogens is 3. The number of rotatable bonds is 6. The molecule has 0 radical (unpaired) electrons. The lowest BCUT2D eigenvalue weighted by Crippen LogP contribution is -2.49. The minimum absolute atomic E-state index is 0.0923. The summed E-state index contributed by atoms with van der Waals surface area (Å²) in [7, 11) is 0. The summed E-state index contributed by atoms with van der Waals surface area (Å²) in [5.74, 6) is -2.21. The highest BCUT2D eigenvalue weighted by Gasteiger charge is 2.43. The molecule has 0 saturated carbocycles. The molecule has 30 heavy (non-hydrogen) atoms. The average Bonchev–Trinajstić information content (AvgIpc) is 3.23. The SMILES string of the molecule is CCCC(=O)C1(c2ccccc2)CCN(C(=O)c2ccc(C(=O)C(F)(F)F)s2)CC1. The van der Waals surface area contributed by atoms with Gasteiger partial charge in [0.05, 0.1) is 15.2 Å². The number of amides is 1. The molecule has 4 nitrogen and oxygen atoms in total. The number of carbonyl (C=O) groups excluding carboxylic acids is 3. The van der Waals surface area contributed by atoms with Gasteiger partial charge in [0.15, 0.2) is 0 Å². The molecular formula is C22H22F3NO3S. The first-order valence-electron chi connectivity index (χ1n) is 9.78. The Morgan fingerprint density at radius 3 is 2.17 bits per heavy atom. The van der Waals surface area contributed by atoms with E-state index in [2.05, 4.69) is 0 Å². The smallest absolute Gasteiger partial charge is 0.338 e. The number of hydrogen-bond donors (Lipinski definition) is 0. The molecule has 1 fully saturated rings. The standard InChI is InChI=1S/C22H22F3NO3S/c1-2-6-18(27)21(15-7-4-3-5-8-15)11-13-26(14-12-21)20(29)17-10-9-16(30-17)19(28)22(23,24)25/h3-5,7-10H,2,6,11-14H2,1H3. The van der Waals surface area contributed by atoms with E-state index in [0.717, 1.165) is 18.1 Å². The molecule has 8 heteroatoms. The van der Waals surface area contributed by atoms with E-state index in [0.29, 0.717) is 43.7 Å². The van der Waals surface area contributed by atoms with Gasteiger partial charge in [-0.2, -0.15) is 13.2 Å². The van der Waals surface area contributed by atoms with Gasteiger partial charge in [0, 0.05) is 19.5 Å². The molecule has 1 saturated heterocycles.